The predicted molar refractivity (Wildman–Crippen MR) is 92.4 cm³/mol. The Morgan fingerprint density at radius 2 is 2.08 bits per heavy atom. The van der Waals surface area contributed by atoms with Crippen LogP contribution in [0.25, 0.3) is 0 Å². The van der Waals surface area contributed by atoms with Gasteiger partial charge in [0.2, 0.25) is 0 Å². The lowest BCUT2D eigenvalue weighted by atomic mass is 9.99. The van der Waals surface area contributed by atoms with Gasteiger partial charge < -0.3 is 5.11 Å². The number of hydrogen-bond acceptors (Lipinski definition) is 4. The molecule has 1 aliphatic heterocycles. The molecule has 0 radical (unpaired) electrons. The summed E-state index contributed by atoms with van der Waals surface area (Å²) in [7, 11) is 0. The topological polar surface area (TPSA) is 52.9 Å². The van der Waals surface area contributed by atoms with Crippen LogP contribution in [-0.4, -0.2) is 39.4 Å². The number of hydrogen-bond donors (Lipinski definition) is 1. The van der Waals surface area contributed by atoms with Crippen LogP contribution in [0.15, 0.2) is 29.4 Å². The number of alkyl halides is 3. The van der Waals surface area contributed by atoms with Crippen molar-refractivity contribution in [3.8, 4) is 0 Å². The second-order valence-corrected chi connectivity index (χ2v) is 7.42. The highest BCUT2D eigenvalue weighted by atomic mass is 35.5. The van der Waals surface area contributed by atoms with Crippen LogP contribution < -0.4 is 0 Å². The first-order chi connectivity index (χ1) is 11.6. The second kappa shape index (κ2) is 7.55. The minimum absolute atomic E-state index is 0.143. The molecule has 0 unspecified atom stereocenters. The van der Waals surface area contributed by atoms with Gasteiger partial charge in [-0.25, -0.2) is 0 Å². The Balaban J connectivity index is 2.08. The third-order valence-corrected chi connectivity index (χ3v) is 5.14. The lowest BCUT2D eigenvalue weighted by Crippen LogP contribution is -2.57. The molecular weight excluding hydrogens is 377 g/mol. The van der Waals surface area contributed by atoms with E-state index in [2.05, 4.69) is 5.10 Å². The molecule has 1 aliphatic rings. The monoisotopic (exact) mass is 394 g/mol. The molecule has 0 aliphatic carbocycles. The van der Waals surface area contributed by atoms with Crippen molar-refractivity contribution in [3.05, 3.63) is 34.9 Å². The number of aliphatic hydroxyl groups is 1. The fourth-order valence-corrected chi connectivity index (χ4v) is 3.45. The first kappa shape index (κ1) is 20.1. The van der Waals surface area contributed by atoms with E-state index in [0.29, 0.717) is 10.8 Å². The number of halogens is 4. The molecule has 1 N–H and O–H groups in total. The molecule has 1 heterocycles. The summed E-state index contributed by atoms with van der Waals surface area (Å²) in [4.78, 5) is 12.3. The number of carbonyl (C=O) groups excluding carboxylic acids is 1. The highest BCUT2D eigenvalue weighted by Crippen LogP contribution is 2.41. The molecule has 9 heteroatoms. The molecule has 138 valence electrons. The maximum Gasteiger partial charge on any atom is 0.438 e. The van der Waals surface area contributed by atoms with Gasteiger partial charge in [0, 0.05) is 22.9 Å². The minimum Gasteiger partial charge on any atom is -0.362 e. The quantitative estimate of drug-likeness (QED) is 0.819. The molecule has 2 rings (SSSR count). The van der Waals surface area contributed by atoms with E-state index in [-0.39, 0.29) is 22.4 Å². The summed E-state index contributed by atoms with van der Waals surface area (Å²) in [5.74, 6) is -1.09. The highest BCUT2D eigenvalue weighted by molar-refractivity contribution is 7.99. The Morgan fingerprint density at radius 3 is 2.64 bits per heavy atom. The van der Waals surface area contributed by atoms with Gasteiger partial charge in [-0.05, 0) is 17.5 Å². The molecule has 0 saturated carbocycles. The zero-order valence-corrected chi connectivity index (χ0v) is 15.3. The van der Waals surface area contributed by atoms with Gasteiger partial charge in [0.15, 0.2) is 0 Å². The largest absolute Gasteiger partial charge is 0.438 e. The number of amides is 1. The normalized spacial score (nSPS) is 21.0. The van der Waals surface area contributed by atoms with Crippen molar-refractivity contribution in [3.63, 3.8) is 0 Å². The number of nitrogens with zero attached hydrogens (tertiary/aromatic N) is 2. The SMILES string of the molecule is CC(C)C1=NN(C(=O)CSCc2ccccc2Cl)[C@](O)(C(F)(F)F)C1. The maximum absolute atomic E-state index is 13.3. The molecule has 1 aromatic rings. The van der Waals surface area contributed by atoms with Gasteiger partial charge in [0.1, 0.15) is 0 Å². The average Bonchev–Trinajstić information content (AvgIpc) is 2.88. The molecule has 25 heavy (non-hydrogen) atoms. The Morgan fingerprint density at radius 1 is 1.44 bits per heavy atom. The van der Waals surface area contributed by atoms with E-state index in [0.717, 1.165) is 17.3 Å². The van der Waals surface area contributed by atoms with Crippen LogP contribution in [0.3, 0.4) is 0 Å². The smallest absolute Gasteiger partial charge is 0.362 e. The summed E-state index contributed by atoms with van der Waals surface area (Å²) in [5.41, 5.74) is -2.36. The molecule has 0 fully saturated rings. The third-order valence-electron chi connectivity index (χ3n) is 3.80. The van der Waals surface area contributed by atoms with E-state index >= 15 is 0 Å². The van der Waals surface area contributed by atoms with Gasteiger partial charge in [0.05, 0.1) is 5.75 Å². The molecule has 0 spiro atoms. The van der Waals surface area contributed by atoms with Gasteiger partial charge in [0.25, 0.3) is 11.6 Å². The van der Waals surface area contributed by atoms with Crippen LogP contribution in [0.1, 0.15) is 25.8 Å². The van der Waals surface area contributed by atoms with Crippen LogP contribution in [-0.2, 0) is 10.5 Å². The van der Waals surface area contributed by atoms with E-state index in [1.165, 1.54) is 0 Å². The maximum atomic E-state index is 13.3. The average molecular weight is 395 g/mol. The molecule has 1 amide bonds. The van der Waals surface area contributed by atoms with Crippen molar-refractivity contribution in [1.29, 1.82) is 0 Å². The van der Waals surface area contributed by atoms with Crippen molar-refractivity contribution in [2.45, 2.75) is 37.9 Å². The molecule has 0 aromatic heterocycles. The number of benzene rings is 1. The summed E-state index contributed by atoms with van der Waals surface area (Å²) in [5, 5.41) is 14.5. The van der Waals surface area contributed by atoms with Crippen molar-refractivity contribution >= 4 is 35.0 Å². The van der Waals surface area contributed by atoms with Crippen LogP contribution in [0.4, 0.5) is 13.2 Å². The Kier molecular flexibility index (Phi) is 6.06. The second-order valence-electron chi connectivity index (χ2n) is 6.03. The predicted octanol–water partition coefficient (Wildman–Crippen LogP) is 4.07. The molecule has 1 aromatic carbocycles. The summed E-state index contributed by atoms with van der Waals surface area (Å²) in [6.07, 6.45) is -5.72. The lowest BCUT2D eigenvalue weighted by Gasteiger charge is -2.32. The number of thioether (sulfide) groups is 1. The number of rotatable bonds is 5. The lowest BCUT2D eigenvalue weighted by molar-refractivity contribution is -0.301. The Hall–Kier alpha value is -1.25. The first-order valence-electron chi connectivity index (χ1n) is 7.57. The van der Waals surface area contributed by atoms with E-state index in [9.17, 15) is 23.1 Å². The van der Waals surface area contributed by atoms with Crippen LogP contribution in [0.5, 0.6) is 0 Å². The fraction of sp³-hybridized carbons (Fsp3) is 0.500. The third kappa shape index (κ3) is 4.30. The van der Waals surface area contributed by atoms with Gasteiger partial charge >= 0.3 is 6.18 Å². The van der Waals surface area contributed by atoms with E-state index < -0.39 is 24.2 Å². The molecular formula is C16H18ClF3N2O2S. The first-order valence-corrected chi connectivity index (χ1v) is 9.10. The van der Waals surface area contributed by atoms with Crippen LogP contribution >= 0.6 is 23.4 Å². The van der Waals surface area contributed by atoms with E-state index in [4.69, 9.17) is 11.6 Å². The van der Waals surface area contributed by atoms with Gasteiger partial charge in [-0.2, -0.15) is 23.3 Å². The zero-order valence-electron chi connectivity index (χ0n) is 13.7. The number of carbonyl (C=O) groups is 1. The highest BCUT2D eigenvalue weighted by Gasteiger charge is 2.63. The fourth-order valence-electron chi connectivity index (χ4n) is 2.30. The zero-order chi connectivity index (χ0) is 18.8. The Bertz CT molecular complexity index is 682. The molecule has 4 nitrogen and oxygen atoms in total. The standard InChI is InChI=1S/C16H18ClF3N2O2S/c1-10(2)13-7-15(24,16(18,19)20)22(21-13)14(23)9-25-8-11-5-3-4-6-12(11)17/h3-6,10,24H,7-9H2,1-2H3/t15-/m1/s1. The van der Waals surface area contributed by atoms with E-state index in [1.54, 1.807) is 38.1 Å². The van der Waals surface area contributed by atoms with Crippen molar-refractivity contribution in [2.75, 3.05) is 5.75 Å². The molecule has 0 bridgehead atoms. The van der Waals surface area contributed by atoms with Crippen molar-refractivity contribution < 1.29 is 23.1 Å². The van der Waals surface area contributed by atoms with Crippen LogP contribution in [0.2, 0.25) is 5.02 Å². The molecule has 0 saturated heterocycles. The van der Waals surface area contributed by atoms with Gasteiger partial charge in [-0.15, -0.1) is 11.8 Å². The Labute approximate surface area is 153 Å². The van der Waals surface area contributed by atoms with Gasteiger partial charge in [-0.3, -0.25) is 4.79 Å². The number of hydrazone groups is 1. The summed E-state index contributed by atoms with van der Waals surface area (Å²) >= 11 is 7.12. The van der Waals surface area contributed by atoms with Crippen molar-refractivity contribution in [1.82, 2.24) is 5.01 Å². The summed E-state index contributed by atoms with van der Waals surface area (Å²) < 4.78 is 39.9. The van der Waals surface area contributed by atoms with E-state index in [1.807, 2.05) is 0 Å². The minimum atomic E-state index is -4.99. The van der Waals surface area contributed by atoms with Crippen molar-refractivity contribution in [2.24, 2.45) is 11.0 Å². The van der Waals surface area contributed by atoms with Crippen LogP contribution in [0, 0.1) is 5.92 Å². The summed E-state index contributed by atoms with van der Waals surface area (Å²) in [6, 6.07) is 7.02. The van der Waals surface area contributed by atoms with Gasteiger partial charge in [-0.1, -0.05) is 43.6 Å². The molecule has 1 atom stereocenters. The summed E-state index contributed by atoms with van der Waals surface area (Å²) in [6.45, 7) is 3.32.